The van der Waals surface area contributed by atoms with E-state index >= 15 is 0 Å². The SMILES string of the molecule is CC/C=C/C=C/C=C\C=C/C=C/CCCC(CC(=O)NC(CO)C(O)CCCCCCCCCCCCCCCCCC)OC(=O)CCCCC/C=C\CCCCCCCC. The first-order valence-corrected chi connectivity index (χ1v) is 25.7. The molecule has 0 fully saturated rings. The van der Waals surface area contributed by atoms with Gasteiger partial charge in [0.2, 0.25) is 5.91 Å². The average Bonchev–Trinajstić information content (AvgIpc) is 3.25. The van der Waals surface area contributed by atoms with Crippen molar-refractivity contribution in [3.8, 4) is 0 Å². The van der Waals surface area contributed by atoms with Crippen molar-refractivity contribution in [3.63, 3.8) is 0 Å². The Bertz CT molecular complexity index is 1140. The standard InChI is InChI=1S/C55H97NO5/c1-4-7-10-13-16-19-22-25-26-27-30-32-35-38-41-44-47-53(58)52(50-57)56-54(59)49-51(46-43-40-37-34-31-28-23-20-17-14-11-8-5-2)61-55(60)48-45-42-39-36-33-29-24-21-18-15-12-9-6-3/h8,11,14,17,20,23,28-29,31,33-34,37,51-53,57-58H,4-7,9-10,12-13,15-16,18-19,21-22,24-27,30,32,35-36,38-50H2,1-3H3,(H,56,59)/b11-8+,17-14+,23-20-,31-28-,33-29-,37-34+. The van der Waals surface area contributed by atoms with Crippen LogP contribution in [0.2, 0.25) is 0 Å². The minimum atomic E-state index is -0.811. The fourth-order valence-corrected chi connectivity index (χ4v) is 7.51. The third-order valence-corrected chi connectivity index (χ3v) is 11.4. The van der Waals surface area contributed by atoms with Gasteiger partial charge in [-0.2, -0.15) is 0 Å². The number of amides is 1. The number of nitrogens with one attached hydrogen (secondary N) is 1. The smallest absolute Gasteiger partial charge is 0.306 e. The van der Waals surface area contributed by atoms with Crippen molar-refractivity contribution >= 4 is 11.9 Å². The summed E-state index contributed by atoms with van der Waals surface area (Å²) in [4.78, 5) is 26.1. The monoisotopic (exact) mass is 852 g/mol. The van der Waals surface area contributed by atoms with E-state index in [4.69, 9.17) is 4.74 Å². The first-order chi connectivity index (χ1) is 30.0. The molecule has 0 rings (SSSR count). The summed E-state index contributed by atoms with van der Waals surface area (Å²) in [6, 6.07) is -0.730. The quantitative estimate of drug-likeness (QED) is 0.0245. The summed E-state index contributed by atoms with van der Waals surface area (Å²) in [6.07, 6.45) is 61.1. The minimum absolute atomic E-state index is 0.0206. The molecule has 352 valence electrons. The third kappa shape index (κ3) is 43.7. The molecule has 0 aromatic rings. The number of aliphatic hydroxyl groups excluding tert-OH is 2. The number of esters is 1. The van der Waals surface area contributed by atoms with Crippen LogP contribution in [0, 0.1) is 0 Å². The van der Waals surface area contributed by atoms with E-state index in [-0.39, 0.29) is 24.9 Å². The summed E-state index contributed by atoms with van der Waals surface area (Å²) in [7, 11) is 0. The van der Waals surface area contributed by atoms with Crippen LogP contribution in [0.4, 0.5) is 0 Å². The van der Waals surface area contributed by atoms with Crippen molar-refractivity contribution < 1.29 is 24.5 Å². The second kappa shape index (κ2) is 48.3. The van der Waals surface area contributed by atoms with E-state index < -0.39 is 18.2 Å². The van der Waals surface area contributed by atoms with Crippen LogP contribution in [-0.2, 0) is 14.3 Å². The second-order valence-electron chi connectivity index (χ2n) is 17.3. The molecule has 6 heteroatoms. The van der Waals surface area contributed by atoms with E-state index in [1.165, 1.54) is 122 Å². The van der Waals surface area contributed by atoms with Crippen LogP contribution in [0.3, 0.4) is 0 Å². The molecule has 61 heavy (non-hydrogen) atoms. The maximum absolute atomic E-state index is 13.2. The van der Waals surface area contributed by atoms with Gasteiger partial charge >= 0.3 is 5.97 Å². The molecule has 0 radical (unpaired) electrons. The Hall–Kier alpha value is -2.70. The number of hydrogen-bond acceptors (Lipinski definition) is 5. The Kier molecular flexibility index (Phi) is 46.2. The zero-order valence-electron chi connectivity index (χ0n) is 40.0. The van der Waals surface area contributed by atoms with Gasteiger partial charge in [0.05, 0.1) is 25.2 Å². The molecule has 0 aliphatic carbocycles. The predicted octanol–water partition coefficient (Wildman–Crippen LogP) is 15.4. The van der Waals surface area contributed by atoms with Crippen LogP contribution in [-0.4, -0.2) is 46.9 Å². The van der Waals surface area contributed by atoms with E-state index in [0.717, 1.165) is 70.6 Å². The van der Waals surface area contributed by atoms with E-state index in [0.29, 0.717) is 19.3 Å². The Balaban J connectivity index is 4.65. The van der Waals surface area contributed by atoms with E-state index in [1.54, 1.807) is 0 Å². The van der Waals surface area contributed by atoms with Gasteiger partial charge in [-0.25, -0.2) is 0 Å². The van der Waals surface area contributed by atoms with E-state index in [2.05, 4.69) is 50.4 Å². The van der Waals surface area contributed by atoms with Crippen LogP contribution in [0.5, 0.6) is 0 Å². The Labute approximate surface area is 377 Å². The number of aliphatic hydroxyl groups is 2. The van der Waals surface area contributed by atoms with Gasteiger partial charge in [-0.1, -0.05) is 235 Å². The highest BCUT2D eigenvalue weighted by Gasteiger charge is 2.24. The molecule has 0 spiro atoms. The van der Waals surface area contributed by atoms with Gasteiger partial charge in [0, 0.05) is 6.42 Å². The largest absolute Gasteiger partial charge is 0.462 e. The van der Waals surface area contributed by atoms with Crippen LogP contribution in [0.1, 0.15) is 239 Å². The van der Waals surface area contributed by atoms with Gasteiger partial charge in [-0.3, -0.25) is 9.59 Å². The lowest BCUT2D eigenvalue weighted by Crippen LogP contribution is -2.46. The fourth-order valence-electron chi connectivity index (χ4n) is 7.51. The third-order valence-electron chi connectivity index (χ3n) is 11.4. The Morgan fingerprint density at radius 2 is 0.918 bits per heavy atom. The normalized spacial score (nSPS) is 13.9. The van der Waals surface area contributed by atoms with Gasteiger partial charge in [-0.05, 0) is 64.2 Å². The number of carbonyl (C=O) groups excluding carboxylic acids is 2. The van der Waals surface area contributed by atoms with Crippen molar-refractivity contribution in [2.75, 3.05) is 6.61 Å². The van der Waals surface area contributed by atoms with Gasteiger partial charge in [0.25, 0.3) is 0 Å². The highest BCUT2D eigenvalue weighted by atomic mass is 16.5. The molecule has 0 aromatic carbocycles. The van der Waals surface area contributed by atoms with Crippen LogP contribution >= 0.6 is 0 Å². The van der Waals surface area contributed by atoms with Crippen molar-refractivity contribution in [2.45, 2.75) is 257 Å². The molecule has 0 aliphatic heterocycles. The topological polar surface area (TPSA) is 95.9 Å². The first kappa shape index (κ1) is 58.3. The molecular formula is C55H97NO5. The summed E-state index contributed by atoms with van der Waals surface area (Å²) in [5.74, 6) is -0.566. The number of hydrogen-bond donors (Lipinski definition) is 3. The molecule has 3 unspecified atom stereocenters. The summed E-state index contributed by atoms with van der Waals surface area (Å²) in [5.41, 5.74) is 0. The van der Waals surface area contributed by atoms with Crippen LogP contribution < -0.4 is 5.32 Å². The van der Waals surface area contributed by atoms with Gasteiger partial charge in [0.15, 0.2) is 0 Å². The van der Waals surface area contributed by atoms with Crippen molar-refractivity contribution in [1.82, 2.24) is 5.32 Å². The molecule has 1 amide bonds. The highest BCUT2D eigenvalue weighted by molar-refractivity contribution is 5.77. The van der Waals surface area contributed by atoms with Crippen molar-refractivity contribution in [3.05, 3.63) is 72.9 Å². The molecule has 0 saturated heterocycles. The molecule has 0 aliphatic rings. The van der Waals surface area contributed by atoms with Crippen LogP contribution in [0.25, 0.3) is 0 Å². The van der Waals surface area contributed by atoms with E-state index in [1.807, 2.05) is 48.6 Å². The predicted molar refractivity (Wildman–Crippen MR) is 264 cm³/mol. The molecular weight excluding hydrogens is 755 g/mol. The lowest BCUT2D eigenvalue weighted by molar-refractivity contribution is -0.151. The molecule has 0 saturated carbocycles. The Morgan fingerprint density at radius 1 is 0.492 bits per heavy atom. The molecule has 3 atom stereocenters. The zero-order chi connectivity index (χ0) is 44.5. The zero-order valence-corrected chi connectivity index (χ0v) is 40.0. The number of allylic oxidation sites excluding steroid dienone is 12. The molecule has 3 N–H and O–H groups in total. The molecule has 6 nitrogen and oxygen atoms in total. The number of carbonyl (C=O) groups is 2. The number of ether oxygens (including phenoxy) is 1. The highest BCUT2D eigenvalue weighted by Crippen LogP contribution is 2.17. The lowest BCUT2D eigenvalue weighted by Gasteiger charge is -2.24. The van der Waals surface area contributed by atoms with Crippen molar-refractivity contribution in [2.24, 2.45) is 0 Å². The number of rotatable bonds is 45. The van der Waals surface area contributed by atoms with Crippen molar-refractivity contribution in [1.29, 1.82) is 0 Å². The lowest BCUT2D eigenvalue weighted by atomic mass is 10.0. The minimum Gasteiger partial charge on any atom is -0.462 e. The van der Waals surface area contributed by atoms with Gasteiger partial charge in [-0.15, -0.1) is 0 Å². The van der Waals surface area contributed by atoms with Gasteiger partial charge < -0.3 is 20.3 Å². The maximum atomic E-state index is 13.2. The van der Waals surface area contributed by atoms with Gasteiger partial charge in [0.1, 0.15) is 6.10 Å². The Morgan fingerprint density at radius 3 is 1.41 bits per heavy atom. The summed E-state index contributed by atoms with van der Waals surface area (Å²) in [6.45, 7) is 6.31. The summed E-state index contributed by atoms with van der Waals surface area (Å²) < 4.78 is 5.88. The maximum Gasteiger partial charge on any atom is 0.306 e. The van der Waals surface area contributed by atoms with E-state index in [9.17, 15) is 19.8 Å². The fraction of sp³-hybridized carbons (Fsp3) is 0.745. The summed E-state index contributed by atoms with van der Waals surface area (Å²) >= 11 is 0. The average molecular weight is 852 g/mol. The molecule has 0 heterocycles. The van der Waals surface area contributed by atoms with Crippen LogP contribution in [0.15, 0.2) is 72.9 Å². The number of unbranched alkanes of at least 4 members (excludes halogenated alkanes) is 25. The molecule has 0 bridgehead atoms. The molecule has 0 aromatic heterocycles. The second-order valence-corrected chi connectivity index (χ2v) is 17.3. The summed E-state index contributed by atoms with van der Waals surface area (Å²) in [5, 5.41) is 23.8. The first-order valence-electron chi connectivity index (χ1n) is 25.7.